The number of hydrogen-bond acceptors (Lipinski definition) is 12. The van der Waals surface area contributed by atoms with E-state index in [2.05, 4.69) is 0 Å². The minimum Gasteiger partial charge on any atom is -0.389 e. The van der Waals surface area contributed by atoms with E-state index in [-0.39, 0.29) is 6.42 Å². The maximum atomic E-state index is 10.2. The molecule has 30 heavy (non-hydrogen) atoms. The summed E-state index contributed by atoms with van der Waals surface area (Å²) in [6.45, 7) is 1.02. The van der Waals surface area contributed by atoms with Crippen LogP contribution in [0.15, 0.2) is 12.2 Å². The van der Waals surface area contributed by atoms with Crippen molar-refractivity contribution in [3.8, 4) is 6.07 Å². The highest BCUT2D eigenvalue weighted by atomic mass is 16.7. The fourth-order valence-electron chi connectivity index (χ4n) is 3.61. The van der Waals surface area contributed by atoms with E-state index < -0.39 is 79.7 Å². The summed E-state index contributed by atoms with van der Waals surface area (Å²) in [6, 6.07) is 1.88. The maximum absolute atomic E-state index is 10.2. The fourth-order valence-corrected chi connectivity index (χ4v) is 3.61. The van der Waals surface area contributed by atoms with E-state index in [1.165, 1.54) is 19.1 Å². The van der Waals surface area contributed by atoms with Crippen LogP contribution in [0, 0.1) is 11.3 Å². The van der Waals surface area contributed by atoms with E-state index >= 15 is 0 Å². The van der Waals surface area contributed by atoms with E-state index in [1.807, 2.05) is 6.07 Å². The Labute approximate surface area is 172 Å². The van der Waals surface area contributed by atoms with Gasteiger partial charge in [-0.1, -0.05) is 6.08 Å². The quantitative estimate of drug-likeness (QED) is 0.209. The van der Waals surface area contributed by atoms with Crippen molar-refractivity contribution in [3.05, 3.63) is 12.2 Å². The lowest BCUT2D eigenvalue weighted by atomic mass is 9.98. The number of rotatable bonds is 5. The van der Waals surface area contributed by atoms with E-state index in [4.69, 9.17) is 18.9 Å². The summed E-state index contributed by atoms with van der Waals surface area (Å²) in [4.78, 5) is 0. The second kappa shape index (κ2) is 9.11. The standard InChI is InChI=1S/C18H27NO11/c1-7-10(21)12(23)14(25)16(28-7)27-5-9-11(22)13(24)15(26)17(29-9)30-18(6-19)3-2-8(20)4-18/h2-3,7-17,20-26H,4-5H2,1H3/t7-,8-,9-,10-,11-,12+,13+,14+,15-,16-,17+,18-/m1/s1. The summed E-state index contributed by atoms with van der Waals surface area (Å²) >= 11 is 0. The van der Waals surface area contributed by atoms with Crippen molar-refractivity contribution in [2.24, 2.45) is 0 Å². The van der Waals surface area contributed by atoms with Crippen molar-refractivity contribution in [1.82, 2.24) is 0 Å². The van der Waals surface area contributed by atoms with Crippen molar-refractivity contribution >= 4 is 0 Å². The van der Waals surface area contributed by atoms with Crippen LogP contribution in [0.5, 0.6) is 0 Å². The van der Waals surface area contributed by atoms with Crippen LogP contribution >= 0.6 is 0 Å². The molecule has 1 aliphatic carbocycles. The number of nitriles is 1. The Hall–Kier alpha value is -1.21. The summed E-state index contributed by atoms with van der Waals surface area (Å²) in [5.41, 5.74) is -1.59. The maximum Gasteiger partial charge on any atom is 0.189 e. The van der Waals surface area contributed by atoms with E-state index in [0.717, 1.165) is 0 Å². The number of aliphatic hydroxyl groups is 7. The van der Waals surface area contributed by atoms with Gasteiger partial charge in [0.05, 0.1) is 18.8 Å². The first kappa shape index (κ1) is 23.5. The van der Waals surface area contributed by atoms with Crippen molar-refractivity contribution in [2.45, 2.75) is 86.5 Å². The average molecular weight is 433 g/mol. The highest BCUT2D eigenvalue weighted by molar-refractivity contribution is 5.24. The highest BCUT2D eigenvalue weighted by Crippen LogP contribution is 2.32. The Morgan fingerprint density at radius 1 is 0.933 bits per heavy atom. The Morgan fingerprint density at radius 2 is 1.57 bits per heavy atom. The summed E-state index contributed by atoms with van der Waals surface area (Å²) in [6.07, 6.45) is -12.7. The van der Waals surface area contributed by atoms with E-state index in [9.17, 15) is 41.0 Å². The lowest BCUT2D eigenvalue weighted by molar-refractivity contribution is -0.335. The normalized spacial score (nSPS) is 51.6. The highest BCUT2D eigenvalue weighted by Gasteiger charge is 2.49. The number of aliphatic hydroxyl groups excluding tert-OH is 7. The average Bonchev–Trinajstić information content (AvgIpc) is 3.10. The molecule has 0 aromatic rings. The first-order valence-corrected chi connectivity index (χ1v) is 9.56. The second-order valence-corrected chi connectivity index (χ2v) is 7.78. The van der Waals surface area contributed by atoms with Crippen LogP contribution in [-0.4, -0.2) is 115 Å². The van der Waals surface area contributed by atoms with Crippen LogP contribution in [-0.2, 0) is 18.9 Å². The second-order valence-electron chi connectivity index (χ2n) is 7.78. The molecule has 2 saturated heterocycles. The van der Waals surface area contributed by atoms with Crippen LogP contribution in [0.3, 0.4) is 0 Å². The topological polar surface area (TPSA) is 202 Å². The number of ether oxygens (including phenoxy) is 4. The Bertz CT molecular complexity index is 671. The third kappa shape index (κ3) is 4.52. The van der Waals surface area contributed by atoms with Crippen LogP contribution in [0.1, 0.15) is 13.3 Å². The van der Waals surface area contributed by atoms with Crippen molar-refractivity contribution < 1.29 is 54.7 Å². The van der Waals surface area contributed by atoms with Gasteiger partial charge in [0.2, 0.25) is 0 Å². The zero-order chi connectivity index (χ0) is 22.2. The van der Waals surface area contributed by atoms with Crippen molar-refractivity contribution in [2.75, 3.05) is 6.61 Å². The summed E-state index contributed by atoms with van der Waals surface area (Å²) < 4.78 is 21.7. The molecule has 2 aliphatic heterocycles. The van der Waals surface area contributed by atoms with Gasteiger partial charge in [-0.25, -0.2) is 0 Å². The lowest BCUT2D eigenvalue weighted by Crippen LogP contribution is -2.62. The summed E-state index contributed by atoms with van der Waals surface area (Å²) in [5.74, 6) is 0. The number of hydrogen-bond donors (Lipinski definition) is 7. The fraction of sp³-hybridized carbons (Fsp3) is 0.833. The van der Waals surface area contributed by atoms with Gasteiger partial charge in [-0.05, 0) is 13.0 Å². The van der Waals surface area contributed by atoms with E-state index in [0.29, 0.717) is 0 Å². The molecule has 3 aliphatic rings. The molecule has 0 amide bonds. The Balaban J connectivity index is 1.65. The molecule has 0 spiro atoms. The third-order valence-electron chi connectivity index (χ3n) is 5.52. The smallest absolute Gasteiger partial charge is 0.189 e. The van der Waals surface area contributed by atoms with Gasteiger partial charge in [0, 0.05) is 6.42 Å². The van der Waals surface area contributed by atoms with Gasteiger partial charge in [-0.2, -0.15) is 5.26 Å². The zero-order valence-corrected chi connectivity index (χ0v) is 16.1. The minimum absolute atomic E-state index is 0.101. The first-order valence-electron chi connectivity index (χ1n) is 9.56. The van der Waals surface area contributed by atoms with Gasteiger partial charge < -0.3 is 54.7 Å². The minimum atomic E-state index is -1.70. The van der Waals surface area contributed by atoms with Crippen molar-refractivity contribution in [3.63, 3.8) is 0 Å². The molecule has 0 radical (unpaired) electrons. The van der Waals surface area contributed by atoms with Gasteiger partial charge in [0.25, 0.3) is 0 Å². The summed E-state index contributed by atoms with van der Waals surface area (Å²) in [7, 11) is 0. The SMILES string of the molecule is C[C@H]1O[C@@H](OC[C@H]2O[C@@H](O[C@]3(C#N)C=C[C@@H](O)C3)[C@H](O)[C@@H](O)[C@@H]2O)[C@@H](O)[C@@H](O)[C@@H]1O. The molecule has 3 rings (SSSR count). The Kier molecular flexibility index (Phi) is 7.12. The van der Waals surface area contributed by atoms with Crippen LogP contribution in [0.25, 0.3) is 0 Å². The lowest BCUT2D eigenvalue weighted by Gasteiger charge is -2.43. The molecule has 0 unspecified atom stereocenters. The number of nitrogens with zero attached hydrogens (tertiary/aromatic N) is 1. The van der Waals surface area contributed by atoms with Gasteiger partial charge in [0.1, 0.15) is 48.8 Å². The molecular weight excluding hydrogens is 406 g/mol. The van der Waals surface area contributed by atoms with Crippen LogP contribution in [0.4, 0.5) is 0 Å². The predicted molar refractivity (Wildman–Crippen MR) is 94.2 cm³/mol. The van der Waals surface area contributed by atoms with Gasteiger partial charge >= 0.3 is 0 Å². The molecule has 12 heteroatoms. The molecule has 2 heterocycles. The molecular formula is C18H27NO11. The molecule has 7 N–H and O–H groups in total. The Morgan fingerprint density at radius 3 is 2.17 bits per heavy atom. The third-order valence-corrected chi connectivity index (χ3v) is 5.52. The molecule has 170 valence electrons. The molecule has 12 atom stereocenters. The van der Waals surface area contributed by atoms with E-state index in [1.54, 1.807) is 0 Å². The van der Waals surface area contributed by atoms with Crippen molar-refractivity contribution in [1.29, 1.82) is 5.26 Å². The molecule has 12 nitrogen and oxygen atoms in total. The summed E-state index contributed by atoms with van der Waals surface area (Å²) in [5, 5.41) is 79.2. The molecule has 2 fully saturated rings. The predicted octanol–water partition coefficient (Wildman–Crippen LogP) is -3.76. The monoisotopic (exact) mass is 433 g/mol. The van der Waals surface area contributed by atoms with Crippen LogP contribution < -0.4 is 0 Å². The zero-order valence-electron chi connectivity index (χ0n) is 16.1. The first-order chi connectivity index (χ1) is 14.1. The molecule has 0 aromatic carbocycles. The molecule has 0 bridgehead atoms. The van der Waals surface area contributed by atoms with Crippen LogP contribution in [0.2, 0.25) is 0 Å². The largest absolute Gasteiger partial charge is 0.389 e. The van der Waals surface area contributed by atoms with Gasteiger partial charge in [-0.15, -0.1) is 0 Å². The molecule has 0 aromatic heterocycles. The van der Waals surface area contributed by atoms with Gasteiger partial charge in [0.15, 0.2) is 18.2 Å². The van der Waals surface area contributed by atoms with Gasteiger partial charge in [-0.3, -0.25) is 0 Å². The molecule has 0 saturated carbocycles.